The number of alkyl halides is 3. The number of rotatable bonds is 1. The van der Waals surface area contributed by atoms with Crippen LogP contribution in [0.5, 0.6) is 0 Å². The Morgan fingerprint density at radius 2 is 2.16 bits per heavy atom. The molecule has 19 heavy (non-hydrogen) atoms. The molecular weight excluding hydrogens is 302 g/mol. The summed E-state index contributed by atoms with van der Waals surface area (Å²) in [5, 5.41) is 3.28. The maximum absolute atomic E-state index is 12.5. The van der Waals surface area contributed by atoms with E-state index in [1.54, 1.807) is 0 Å². The van der Waals surface area contributed by atoms with Crippen molar-refractivity contribution in [3.05, 3.63) is 22.8 Å². The van der Waals surface area contributed by atoms with E-state index in [2.05, 4.69) is 10.3 Å². The van der Waals surface area contributed by atoms with E-state index in [4.69, 9.17) is 11.6 Å². The predicted octanol–water partition coefficient (Wildman–Crippen LogP) is 2.97. The molecule has 1 aliphatic rings. The summed E-state index contributed by atoms with van der Waals surface area (Å²) in [6, 6.07) is 1.19. The fourth-order valence-corrected chi connectivity index (χ4v) is 2.23. The molecule has 0 spiro atoms. The van der Waals surface area contributed by atoms with Crippen LogP contribution in [0.3, 0.4) is 0 Å². The molecule has 1 aromatic rings. The molecule has 1 aromatic heterocycles. The molecule has 108 valence electrons. The summed E-state index contributed by atoms with van der Waals surface area (Å²) in [6.07, 6.45) is -3.58. The molecule has 0 saturated carbocycles. The summed E-state index contributed by atoms with van der Waals surface area (Å²) < 4.78 is 37.4. The topological polar surface area (TPSA) is 28.2 Å². The molecule has 0 aliphatic carbocycles. The number of aromatic nitrogens is 1. The standard InChI is InChI=1S/C11H13ClF3N3.ClH/c1-7-6-18(3-2-16-7)10-9(12)4-8(5-17-10)11(13,14)15;/h4-5,7,16H,2-3,6H2,1H3;1H. The van der Waals surface area contributed by atoms with Gasteiger partial charge in [-0.25, -0.2) is 4.98 Å². The summed E-state index contributed by atoms with van der Waals surface area (Å²) in [6.45, 7) is 4.13. The molecule has 1 unspecified atom stereocenters. The van der Waals surface area contributed by atoms with E-state index < -0.39 is 11.7 Å². The molecule has 0 aromatic carbocycles. The zero-order valence-electron chi connectivity index (χ0n) is 10.2. The Balaban J connectivity index is 0.00000180. The Labute approximate surface area is 120 Å². The van der Waals surface area contributed by atoms with Gasteiger partial charge in [0.25, 0.3) is 0 Å². The highest BCUT2D eigenvalue weighted by molar-refractivity contribution is 6.33. The van der Waals surface area contributed by atoms with Crippen LogP contribution in [0.15, 0.2) is 12.3 Å². The number of hydrogen-bond acceptors (Lipinski definition) is 3. The molecule has 2 rings (SSSR count). The molecule has 0 bridgehead atoms. The van der Waals surface area contributed by atoms with Crippen LogP contribution in [-0.4, -0.2) is 30.7 Å². The minimum absolute atomic E-state index is 0. The lowest BCUT2D eigenvalue weighted by Crippen LogP contribution is -2.49. The van der Waals surface area contributed by atoms with E-state index in [0.717, 1.165) is 18.8 Å². The van der Waals surface area contributed by atoms with Gasteiger partial charge in [-0.15, -0.1) is 12.4 Å². The normalized spacial score (nSPS) is 20.1. The second-order valence-electron chi connectivity index (χ2n) is 4.33. The van der Waals surface area contributed by atoms with Crippen molar-refractivity contribution in [3.8, 4) is 0 Å². The SMILES string of the molecule is CC1CN(c2ncc(C(F)(F)F)cc2Cl)CCN1.Cl. The lowest BCUT2D eigenvalue weighted by atomic mass is 10.2. The fraction of sp³-hybridized carbons (Fsp3) is 0.545. The lowest BCUT2D eigenvalue weighted by Gasteiger charge is -2.33. The zero-order chi connectivity index (χ0) is 13.3. The van der Waals surface area contributed by atoms with Crippen LogP contribution in [0.4, 0.5) is 19.0 Å². The van der Waals surface area contributed by atoms with Crippen LogP contribution in [0.1, 0.15) is 12.5 Å². The third-order valence-corrected chi connectivity index (χ3v) is 3.10. The molecule has 3 nitrogen and oxygen atoms in total. The van der Waals surface area contributed by atoms with Gasteiger partial charge in [-0.3, -0.25) is 0 Å². The average Bonchev–Trinajstić information content (AvgIpc) is 2.27. The maximum atomic E-state index is 12.5. The van der Waals surface area contributed by atoms with Gasteiger partial charge in [0.05, 0.1) is 10.6 Å². The van der Waals surface area contributed by atoms with E-state index in [1.165, 1.54) is 0 Å². The second-order valence-corrected chi connectivity index (χ2v) is 4.74. The quantitative estimate of drug-likeness (QED) is 0.863. The first-order chi connectivity index (χ1) is 8.38. The number of piperazine rings is 1. The van der Waals surface area contributed by atoms with Crippen LogP contribution in [0, 0.1) is 0 Å². The average molecular weight is 316 g/mol. The molecule has 2 heterocycles. The first-order valence-corrected chi connectivity index (χ1v) is 5.97. The molecule has 0 radical (unpaired) electrons. The van der Waals surface area contributed by atoms with Crippen LogP contribution < -0.4 is 10.2 Å². The van der Waals surface area contributed by atoms with E-state index in [-0.39, 0.29) is 23.5 Å². The number of nitrogens with zero attached hydrogens (tertiary/aromatic N) is 2. The van der Waals surface area contributed by atoms with Crippen molar-refractivity contribution in [3.63, 3.8) is 0 Å². The predicted molar refractivity (Wildman–Crippen MR) is 71.2 cm³/mol. The summed E-state index contributed by atoms with van der Waals surface area (Å²) in [5.41, 5.74) is -0.820. The van der Waals surface area contributed by atoms with E-state index in [9.17, 15) is 13.2 Å². The summed E-state index contributed by atoms with van der Waals surface area (Å²) >= 11 is 5.89. The Morgan fingerprint density at radius 3 is 2.68 bits per heavy atom. The first-order valence-electron chi connectivity index (χ1n) is 5.59. The number of hydrogen-bond donors (Lipinski definition) is 1. The minimum Gasteiger partial charge on any atom is -0.353 e. The molecule has 0 amide bonds. The molecule has 1 atom stereocenters. The van der Waals surface area contributed by atoms with Gasteiger partial charge in [0.1, 0.15) is 5.82 Å². The first kappa shape index (κ1) is 16.3. The largest absolute Gasteiger partial charge is 0.417 e. The lowest BCUT2D eigenvalue weighted by molar-refractivity contribution is -0.137. The van der Waals surface area contributed by atoms with E-state index in [1.807, 2.05) is 11.8 Å². The maximum Gasteiger partial charge on any atom is 0.417 e. The van der Waals surface area contributed by atoms with Gasteiger partial charge in [-0.1, -0.05) is 11.6 Å². The number of halogens is 5. The van der Waals surface area contributed by atoms with Gasteiger partial charge < -0.3 is 10.2 Å². The third-order valence-electron chi connectivity index (χ3n) is 2.82. The Hall–Kier alpha value is -0.720. The molecular formula is C11H14Cl2F3N3. The zero-order valence-corrected chi connectivity index (χ0v) is 11.7. The Kier molecular flexibility index (Phi) is 5.29. The number of nitrogens with one attached hydrogen (secondary N) is 1. The summed E-state index contributed by atoms with van der Waals surface area (Å²) in [4.78, 5) is 5.74. The highest BCUT2D eigenvalue weighted by Crippen LogP contribution is 2.33. The summed E-state index contributed by atoms with van der Waals surface area (Å²) in [5.74, 6) is 0.415. The molecule has 1 saturated heterocycles. The van der Waals surface area contributed by atoms with Crippen molar-refractivity contribution >= 4 is 29.8 Å². The Morgan fingerprint density at radius 1 is 1.47 bits per heavy atom. The fourth-order valence-electron chi connectivity index (χ4n) is 1.94. The van der Waals surface area contributed by atoms with Gasteiger partial charge in [0, 0.05) is 31.9 Å². The monoisotopic (exact) mass is 315 g/mol. The van der Waals surface area contributed by atoms with Gasteiger partial charge in [0.2, 0.25) is 0 Å². The number of pyridine rings is 1. The highest BCUT2D eigenvalue weighted by atomic mass is 35.5. The van der Waals surface area contributed by atoms with Crippen molar-refractivity contribution < 1.29 is 13.2 Å². The minimum atomic E-state index is -4.41. The van der Waals surface area contributed by atoms with Crippen LogP contribution in [0.25, 0.3) is 0 Å². The van der Waals surface area contributed by atoms with Crippen molar-refractivity contribution in [2.24, 2.45) is 0 Å². The van der Waals surface area contributed by atoms with E-state index in [0.29, 0.717) is 18.9 Å². The van der Waals surface area contributed by atoms with Crippen molar-refractivity contribution in [2.45, 2.75) is 19.1 Å². The molecule has 1 aliphatic heterocycles. The van der Waals surface area contributed by atoms with Crippen molar-refractivity contribution in [1.29, 1.82) is 0 Å². The molecule has 8 heteroatoms. The second kappa shape index (κ2) is 6.15. The summed E-state index contributed by atoms with van der Waals surface area (Å²) in [7, 11) is 0. The van der Waals surface area contributed by atoms with Crippen LogP contribution in [-0.2, 0) is 6.18 Å². The third kappa shape index (κ3) is 3.87. The highest BCUT2D eigenvalue weighted by Gasteiger charge is 2.32. The van der Waals surface area contributed by atoms with Gasteiger partial charge in [-0.05, 0) is 13.0 Å². The van der Waals surface area contributed by atoms with Gasteiger partial charge >= 0.3 is 6.18 Å². The van der Waals surface area contributed by atoms with Gasteiger partial charge in [0.15, 0.2) is 0 Å². The van der Waals surface area contributed by atoms with Crippen molar-refractivity contribution in [1.82, 2.24) is 10.3 Å². The van der Waals surface area contributed by atoms with E-state index >= 15 is 0 Å². The molecule has 1 N–H and O–H groups in total. The van der Waals surface area contributed by atoms with Crippen LogP contribution in [0.2, 0.25) is 5.02 Å². The number of anilines is 1. The Bertz CT molecular complexity index is 440. The van der Waals surface area contributed by atoms with Crippen molar-refractivity contribution in [2.75, 3.05) is 24.5 Å². The smallest absolute Gasteiger partial charge is 0.353 e. The molecule has 1 fully saturated rings. The van der Waals surface area contributed by atoms with Gasteiger partial charge in [-0.2, -0.15) is 13.2 Å². The van der Waals surface area contributed by atoms with Crippen LogP contribution >= 0.6 is 24.0 Å².